The molecule has 1 aromatic heterocycles. The second kappa shape index (κ2) is 5.01. The molecule has 2 N–H and O–H groups in total. The van der Waals surface area contributed by atoms with Gasteiger partial charge < -0.3 is 10.3 Å². The lowest BCUT2D eigenvalue weighted by atomic mass is 10.1. The van der Waals surface area contributed by atoms with Crippen molar-refractivity contribution < 1.29 is 0 Å². The van der Waals surface area contributed by atoms with Crippen LogP contribution in [0.4, 0.5) is 5.82 Å². The van der Waals surface area contributed by atoms with Crippen molar-refractivity contribution in [2.24, 2.45) is 0 Å². The smallest absolute Gasteiger partial charge is 0.132 e. The van der Waals surface area contributed by atoms with Crippen LogP contribution in [0.2, 0.25) is 0 Å². The SMILES string of the molecule is CCCc1nc(-c2ccccc2C#N)c(N)n1C1CC1. The van der Waals surface area contributed by atoms with Crippen LogP contribution in [0.1, 0.15) is 43.6 Å². The Kier molecular flexibility index (Phi) is 3.19. The third kappa shape index (κ3) is 2.05. The van der Waals surface area contributed by atoms with Gasteiger partial charge >= 0.3 is 0 Å². The van der Waals surface area contributed by atoms with Crippen molar-refractivity contribution in [2.45, 2.75) is 38.6 Å². The molecule has 1 fully saturated rings. The summed E-state index contributed by atoms with van der Waals surface area (Å²) in [4.78, 5) is 4.73. The van der Waals surface area contributed by atoms with E-state index >= 15 is 0 Å². The fourth-order valence-corrected chi connectivity index (χ4v) is 2.62. The van der Waals surface area contributed by atoms with Crippen molar-refractivity contribution in [1.29, 1.82) is 5.26 Å². The molecule has 0 spiro atoms. The van der Waals surface area contributed by atoms with Crippen LogP contribution in [-0.2, 0) is 6.42 Å². The lowest BCUT2D eigenvalue weighted by Gasteiger charge is -2.07. The summed E-state index contributed by atoms with van der Waals surface area (Å²) in [6.07, 6.45) is 4.32. The highest BCUT2D eigenvalue weighted by Gasteiger charge is 2.30. The van der Waals surface area contributed by atoms with Crippen molar-refractivity contribution in [2.75, 3.05) is 5.73 Å². The molecule has 0 atom stereocenters. The van der Waals surface area contributed by atoms with Gasteiger partial charge in [0.25, 0.3) is 0 Å². The molecular formula is C16H18N4. The van der Waals surface area contributed by atoms with E-state index in [1.165, 1.54) is 12.8 Å². The summed E-state index contributed by atoms with van der Waals surface area (Å²) in [5.74, 6) is 1.76. The molecule has 0 aliphatic heterocycles. The van der Waals surface area contributed by atoms with Crippen molar-refractivity contribution in [3.05, 3.63) is 35.7 Å². The minimum absolute atomic E-state index is 0.507. The molecule has 4 nitrogen and oxygen atoms in total. The molecule has 0 bridgehead atoms. The quantitative estimate of drug-likeness (QED) is 0.923. The fraction of sp³-hybridized carbons (Fsp3) is 0.375. The summed E-state index contributed by atoms with van der Waals surface area (Å²) in [7, 11) is 0. The number of rotatable bonds is 4. The zero-order chi connectivity index (χ0) is 14.1. The molecule has 1 aromatic carbocycles. The third-order valence-electron chi connectivity index (χ3n) is 3.71. The Balaban J connectivity index is 2.14. The highest BCUT2D eigenvalue weighted by molar-refractivity contribution is 5.76. The number of nitriles is 1. The largest absolute Gasteiger partial charge is 0.383 e. The Morgan fingerprint density at radius 3 is 2.80 bits per heavy atom. The standard InChI is InChI=1S/C16H18N4/c1-2-5-14-19-15(16(18)20(14)12-8-9-12)13-7-4-3-6-11(13)10-17/h3-4,6-7,12H,2,5,8-9,18H2,1H3. The number of anilines is 1. The third-order valence-corrected chi connectivity index (χ3v) is 3.71. The van der Waals surface area contributed by atoms with E-state index in [4.69, 9.17) is 10.7 Å². The van der Waals surface area contributed by atoms with E-state index in [0.717, 1.165) is 29.9 Å². The Morgan fingerprint density at radius 1 is 1.40 bits per heavy atom. The molecule has 1 aliphatic carbocycles. The van der Waals surface area contributed by atoms with E-state index in [9.17, 15) is 5.26 Å². The predicted molar refractivity (Wildman–Crippen MR) is 79.1 cm³/mol. The maximum atomic E-state index is 9.25. The normalized spacial score (nSPS) is 14.2. The van der Waals surface area contributed by atoms with Crippen LogP contribution >= 0.6 is 0 Å². The van der Waals surface area contributed by atoms with Crippen LogP contribution in [0.3, 0.4) is 0 Å². The number of aromatic nitrogens is 2. The van der Waals surface area contributed by atoms with Gasteiger partial charge in [0.15, 0.2) is 0 Å². The monoisotopic (exact) mass is 266 g/mol. The summed E-state index contributed by atoms with van der Waals surface area (Å²) >= 11 is 0. The predicted octanol–water partition coefficient (Wildman–Crippen LogP) is 3.29. The van der Waals surface area contributed by atoms with Gasteiger partial charge in [-0.25, -0.2) is 4.98 Å². The molecule has 0 unspecified atom stereocenters. The van der Waals surface area contributed by atoms with Crippen molar-refractivity contribution in [3.63, 3.8) is 0 Å². The number of aryl methyl sites for hydroxylation is 1. The first-order valence-corrected chi connectivity index (χ1v) is 7.12. The van der Waals surface area contributed by atoms with Crippen LogP contribution in [0.25, 0.3) is 11.3 Å². The molecule has 2 aromatic rings. The van der Waals surface area contributed by atoms with Crippen LogP contribution in [0.15, 0.2) is 24.3 Å². The molecule has 1 heterocycles. The van der Waals surface area contributed by atoms with E-state index < -0.39 is 0 Å². The van der Waals surface area contributed by atoms with Gasteiger partial charge in [0.05, 0.1) is 11.6 Å². The fourth-order valence-electron chi connectivity index (χ4n) is 2.62. The number of hydrogen-bond donors (Lipinski definition) is 1. The maximum absolute atomic E-state index is 9.25. The second-order valence-corrected chi connectivity index (χ2v) is 5.27. The molecule has 0 amide bonds. The van der Waals surface area contributed by atoms with Gasteiger partial charge in [-0.15, -0.1) is 0 Å². The molecular weight excluding hydrogens is 248 g/mol. The summed E-state index contributed by atoms with van der Waals surface area (Å²) < 4.78 is 2.17. The van der Waals surface area contributed by atoms with E-state index in [-0.39, 0.29) is 0 Å². The topological polar surface area (TPSA) is 67.6 Å². The number of imidazole rings is 1. The lowest BCUT2D eigenvalue weighted by molar-refractivity contribution is 0.676. The van der Waals surface area contributed by atoms with Gasteiger partial charge in [-0.1, -0.05) is 25.1 Å². The number of nitrogens with zero attached hydrogens (tertiary/aromatic N) is 3. The molecule has 3 rings (SSSR count). The molecule has 102 valence electrons. The minimum atomic E-state index is 0.507. The number of hydrogen-bond acceptors (Lipinski definition) is 3. The molecule has 20 heavy (non-hydrogen) atoms. The number of nitrogens with two attached hydrogens (primary N) is 1. The van der Waals surface area contributed by atoms with Gasteiger partial charge in [-0.3, -0.25) is 0 Å². The van der Waals surface area contributed by atoms with Crippen molar-refractivity contribution in [3.8, 4) is 17.3 Å². The second-order valence-electron chi connectivity index (χ2n) is 5.27. The zero-order valence-corrected chi connectivity index (χ0v) is 11.6. The van der Waals surface area contributed by atoms with E-state index in [1.807, 2.05) is 24.3 Å². The highest BCUT2D eigenvalue weighted by atomic mass is 15.2. The van der Waals surface area contributed by atoms with Crippen LogP contribution in [-0.4, -0.2) is 9.55 Å². The molecule has 1 aliphatic rings. The van der Waals surface area contributed by atoms with E-state index in [1.54, 1.807) is 0 Å². The Labute approximate surface area is 118 Å². The first kappa shape index (κ1) is 12.7. The van der Waals surface area contributed by atoms with E-state index in [2.05, 4.69) is 17.6 Å². The van der Waals surface area contributed by atoms with Crippen molar-refractivity contribution >= 4 is 5.82 Å². The Hall–Kier alpha value is -2.28. The minimum Gasteiger partial charge on any atom is -0.383 e. The van der Waals surface area contributed by atoms with Gasteiger partial charge in [-0.05, 0) is 25.3 Å². The van der Waals surface area contributed by atoms with E-state index in [0.29, 0.717) is 17.4 Å². The summed E-state index contributed by atoms with van der Waals surface area (Å²) in [5.41, 5.74) is 8.55. The first-order valence-electron chi connectivity index (χ1n) is 7.12. The number of benzene rings is 1. The van der Waals surface area contributed by atoms with Crippen molar-refractivity contribution in [1.82, 2.24) is 9.55 Å². The molecule has 0 radical (unpaired) electrons. The maximum Gasteiger partial charge on any atom is 0.132 e. The molecule has 0 saturated heterocycles. The van der Waals surface area contributed by atoms with Crippen LogP contribution in [0, 0.1) is 11.3 Å². The van der Waals surface area contributed by atoms with Gasteiger partial charge in [-0.2, -0.15) is 5.26 Å². The number of nitrogen functional groups attached to an aromatic ring is 1. The summed E-state index contributed by atoms with van der Waals surface area (Å²) in [6.45, 7) is 2.14. The van der Waals surface area contributed by atoms with Gasteiger partial charge in [0, 0.05) is 18.0 Å². The highest BCUT2D eigenvalue weighted by Crippen LogP contribution is 2.41. The van der Waals surface area contributed by atoms with Crippen LogP contribution in [0.5, 0.6) is 0 Å². The average Bonchev–Trinajstić information content (AvgIpc) is 3.24. The Morgan fingerprint density at radius 2 is 2.15 bits per heavy atom. The van der Waals surface area contributed by atoms with Gasteiger partial charge in [0.2, 0.25) is 0 Å². The first-order chi connectivity index (χ1) is 9.76. The summed E-state index contributed by atoms with van der Waals surface area (Å²) in [5, 5.41) is 9.25. The van der Waals surface area contributed by atoms with Crippen LogP contribution < -0.4 is 5.73 Å². The Bertz CT molecular complexity index is 674. The molecule has 1 saturated carbocycles. The molecule has 4 heteroatoms. The lowest BCUT2D eigenvalue weighted by Crippen LogP contribution is -2.05. The van der Waals surface area contributed by atoms with Gasteiger partial charge in [0.1, 0.15) is 17.3 Å². The summed E-state index contributed by atoms with van der Waals surface area (Å²) in [6, 6.07) is 10.2. The zero-order valence-electron chi connectivity index (χ0n) is 11.6. The average molecular weight is 266 g/mol.